The van der Waals surface area contributed by atoms with Gasteiger partial charge in [0, 0.05) is 20.2 Å². The number of anilines is 2. The summed E-state index contributed by atoms with van der Waals surface area (Å²) in [6, 6.07) is 3.53. The van der Waals surface area contributed by atoms with Gasteiger partial charge in [-0.05, 0) is 6.07 Å². The Balaban J connectivity index is 3.27. The highest BCUT2D eigenvalue weighted by Gasteiger charge is 2.07. The minimum Gasteiger partial charge on any atom is -0.496 e. The van der Waals surface area contributed by atoms with Crippen LogP contribution in [0.2, 0.25) is 0 Å². The Morgan fingerprint density at radius 1 is 1.21 bits per heavy atom. The van der Waals surface area contributed by atoms with Gasteiger partial charge < -0.3 is 15.4 Å². The lowest BCUT2D eigenvalue weighted by molar-refractivity contribution is 0.112. The van der Waals surface area contributed by atoms with E-state index in [1.165, 1.54) is 0 Å². The first-order valence-electron chi connectivity index (χ1n) is 4.29. The Morgan fingerprint density at radius 3 is 2.21 bits per heavy atom. The van der Waals surface area contributed by atoms with Gasteiger partial charge in [-0.3, -0.25) is 4.79 Å². The van der Waals surface area contributed by atoms with Crippen LogP contribution in [0, 0.1) is 0 Å². The number of hydrogen-bond acceptors (Lipinski definition) is 4. The minimum atomic E-state index is 0.538. The van der Waals surface area contributed by atoms with E-state index in [4.69, 9.17) is 4.74 Å². The van der Waals surface area contributed by atoms with Gasteiger partial charge in [0.1, 0.15) is 5.75 Å². The van der Waals surface area contributed by atoms with Gasteiger partial charge in [-0.2, -0.15) is 0 Å². The number of carbonyl (C=O) groups excluding carboxylic acids is 1. The predicted molar refractivity (Wildman–Crippen MR) is 57.5 cm³/mol. The highest BCUT2D eigenvalue weighted by molar-refractivity contribution is 5.86. The quantitative estimate of drug-likeness (QED) is 0.715. The molecule has 0 fully saturated rings. The maximum Gasteiger partial charge on any atom is 0.153 e. The second kappa shape index (κ2) is 4.50. The van der Waals surface area contributed by atoms with Crippen LogP contribution in [-0.4, -0.2) is 27.5 Å². The van der Waals surface area contributed by atoms with Crippen LogP contribution in [-0.2, 0) is 0 Å². The van der Waals surface area contributed by atoms with Crippen LogP contribution in [0.3, 0.4) is 0 Å². The Hall–Kier alpha value is -1.71. The van der Waals surface area contributed by atoms with E-state index >= 15 is 0 Å². The van der Waals surface area contributed by atoms with Gasteiger partial charge in [-0.1, -0.05) is 0 Å². The van der Waals surface area contributed by atoms with Gasteiger partial charge in [0.2, 0.25) is 0 Å². The van der Waals surface area contributed by atoms with Crippen LogP contribution in [0.5, 0.6) is 5.75 Å². The number of hydrogen-bond donors (Lipinski definition) is 2. The molecule has 0 heterocycles. The van der Waals surface area contributed by atoms with Gasteiger partial charge in [0.15, 0.2) is 6.29 Å². The molecule has 14 heavy (non-hydrogen) atoms. The lowest BCUT2D eigenvalue weighted by Crippen LogP contribution is -2.00. The highest BCUT2D eigenvalue weighted by Crippen LogP contribution is 2.29. The molecule has 0 amide bonds. The van der Waals surface area contributed by atoms with E-state index in [0.29, 0.717) is 11.3 Å². The van der Waals surface area contributed by atoms with Crippen molar-refractivity contribution in [1.82, 2.24) is 0 Å². The van der Waals surface area contributed by atoms with Gasteiger partial charge >= 0.3 is 0 Å². The molecule has 0 atom stereocenters. The summed E-state index contributed by atoms with van der Waals surface area (Å²) in [5.74, 6) is 0.573. The molecule has 0 aliphatic carbocycles. The summed E-state index contributed by atoms with van der Waals surface area (Å²) in [6.07, 6.45) is 0.777. The van der Waals surface area contributed by atoms with E-state index in [-0.39, 0.29) is 0 Å². The molecule has 0 spiro atoms. The molecule has 0 aliphatic rings. The first-order chi connectivity index (χ1) is 6.76. The smallest absolute Gasteiger partial charge is 0.153 e. The molecule has 1 rings (SSSR count). The second-order valence-corrected chi connectivity index (χ2v) is 2.76. The first-order valence-corrected chi connectivity index (χ1v) is 4.29. The standard InChI is InChI=1S/C10H14N2O2/c1-11-8-4-7(6-13)10(14-3)5-9(8)12-2/h4-6,11-12H,1-3H3. The summed E-state index contributed by atoms with van der Waals surface area (Å²) < 4.78 is 5.08. The van der Waals surface area contributed by atoms with Crippen LogP contribution in [0.25, 0.3) is 0 Å². The van der Waals surface area contributed by atoms with E-state index in [0.717, 1.165) is 17.7 Å². The molecule has 4 nitrogen and oxygen atoms in total. The Morgan fingerprint density at radius 2 is 1.79 bits per heavy atom. The highest BCUT2D eigenvalue weighted by atomic mass is 16.5. The molecule has 0 aromatic heterocycles. The normalized spacial score (nSPS) is 9.36. The number of methoxy groups -OCH3 is 1. The molecule has 4 heteroatoms. The third kappa shape index (κ3) is 1.79. The van der Waals surface area contributed by atoms with Crippen molar-refractivity contribution in [2.24, 2.45) is 0 Å². The Bertz CT molecular complexity index is 337. The van der Waals surface area contributed by atoms with E-state index < -0.39 is 0 Å². The molecule has 0 aliphatic heterocycles. The predicted octanol–water partition coefficient (Wildman–Crippen LogP) is 1.59. The van der Waals surface area contributed by atoms with Gasteiger partial charge in [0.05, 0.1) is 24.0 Å². The van der Waals surface area contributed by atoms with Crippen LogP contribution < -0.4 is 15.4 Å². The van der Waals surface area contributed by atoms with Gasteiger partial charge in [0.25, 0.3) is 0 Å². The maximum atomic E-state index is 10.7. The lowest BCUT2D eigenvalue weighted by atomic mass is 10.1. The molecule has 2 N–H and O–H groups in total. The fourth-order valence-electron chi connectivity index (χ4n) is 1.28. The van der Waals surface area contributed by atoms with E-state index in [1.807, 2.05) is 7.05 Å². The minimum absolute atomic E-state index is 0.538. The fraction of sp³-hybridized carbons (Fsp3) is 0.300. The van der Waals surface area contributed by atoms with Crippen molar-refractivity contribution in [2.75, 3.05) is 31.8 Å². The molecule has 0 saturated heterocycles. The van der Waals surface area contributed by atoms with Gasteiger partial charge in [-0.15, -0.1) is 0 Å². The third-order valence-electron chi connectivity index (χ3n) is 2.04. The van der Waals surface area contributed by atoms with Crippen molar-refractivity contribution < 1.29 is 9.53 Å². The molecule has 1 aromatic carbocycles. The lowest BCUT2D eigenvalue weighted by Gasteiger charge is -2.12. The van der Waals surface area contributed by atoms with E-state index in [9.17, 15) is 4.79 Å². The average Bonchev–Trinajstić information content (AvgIpc) is 2.26. The average molecular weight is 194 g/mol. The number of aldehydes is 1. The summed E-state index contributed by atoms with van der Waals surface area (Å²) in [4.78, 5) is 10.7. The largest absolute Gasteiger partial charge is 0.496 e. The van der Waals surface area contributed by atoms with Crippen molar-refractivity contribution in [3.8, 4) is 5.75 Å². The first kappa shape index (κ1) is 10.4. The summed E-state index contributed by atoms with van der Waals surface area (Å²) in [5, 5.41) is 6.01. The number of ether oxygens (including phenoxy) is 1. The van der Waals surface area contributed by atoms with Gasteiger partial charge in [-0.25, -0.2) is 0 Å². The van der Waals surface area contributed by atoms with Crippen molar-refractivity contribution in [3.63, 3.8) is 0 Å². The zero-order valence-corrected chi connectivity index (χ0v) is 8.55. The van der Waals surface area contributed by atoms with E-state index in [2.05, 4.69) is 10.6 Å². The third-order valence-corrected chi connectivity index (χ3v) is 2.04. The molecule has 0 unspecified atom stereocenters. The topological polar surface area (TPSA) is 50.4 Å². The molecule has 1 aromatic rings. The molecule has 76 valence electrons. The number of rotatable bonds is 4. The molecular weight excluding hydrogens is 180 g/mol. The Kier molecular flexibility index (Phi) is 3.34. The number of nitrogens with one attached hydrogen (secondary N) is 2. The summed E-state index contributed by atoms with van der Waals surface area (Å²) >= 11 is 0. The van der Waals surface area contributed by atoms with Crippen LogP contribution in [0.4, 0.5) is 11.4 Å². The maximum absolute atomic E-state index is 10.7. The summed E-state index contributed by atoms with van der Waals surface area (Å²) in [5.41, 5.74) is 2.31. The number of carbonyl (C=O) groups is 1. The van der Waals surface area contributed by atoms with Crippen LogP contribution in [0.15, 0.2) is 12.1 Å². The van der Waals surface area contributed by atoms with Crippen molar-refractivity contribution >= 4 is 17.7 Å². The summed E-state index contributed by atoms with van der Waals surface area (Å²) in [6.45, 7) is 0. The molecular formula is C10H14N2O2. The Labute approximate surface area is 83.3 Å². The second-order valence-electron chi connectivity index (χ2n) is 2.76. The molecule has 0 saturated carbocycles. The fourth-order valence-corrected chi connectivity index (χ4v) is 1.28. The van der Waals surface area contributed by atoms with E-state index in [1.54, 1.807) is 26.3 Å². The van der Waals surface area contributed by atoms with Crippen LogP contribution >= 0.6 is 0 Å². The zero-order chi connectivity index (χ0) is 10.6. The molecule has 0 bridgehead atoms. The van der Waals surface area contributed by atoms with Crippen molar-refractivity contribution in [2.45, 2.75) is 0 Å². The molecule has 0 radical (unpaired) electrons. The van der Waals surface area contributed by atoms with Crippen LogP contribution in [0.1, 0.15) is 10.4 Å². The monoisotopic (exact) mass is 194 g/mol. The summed E-state index contributed by atoms with van der Waals surface area (Å²) in [7, 11) is 5.16. The van der Waals surface area contributed by atoms with Crippen molar-refractivity contribution in [1.29, 1.82) is 0 Å². The zero-order valence-electron chi connectivity index (χ0n) is 8.55. The number of benzene rings is 1. The van der Waals surface area contributed by atoms with Crippen molar-refractivity contribution in [3.05, 3.63) is 17.7 Å². The SMILES string of the molecule is CNc1cc(C=O)c(OC)cc1NC.